The molecule has 25 heavy (non-hydrogen) atoms. The van der Waals surface area contributed by atoms with Crippen LogP contribution in [-0.2, 0) is 9.53 Å². The van der Waals surface area contributed by atoms with Gasteiger partial charge in [-0.25, -0.2) is 4.79 Å². The molecule has 0 spiro atoms. The molecule has 2 saturated heterocycles. The van der Waals surface area contributed by atoms with E-state index >= 15 is 0 Å². The summed E-state index contributed by atoms with van der Waals surface area (Å²) < 4.78 is 5.31. The van der Waals surface area contributed by atoms with Crippen molar-refractivity contribution in [3.63, 3.8) is 0 Å². The largest absolute Gasteiger partial charge is 0.384 e. The summed E-state index contributed by atoms with van der Waals surface area (Å²) in [5, 5.41) is 9.07. The van der Waals surface area contributed by atoms with Gasteiger partial charge >= 0.3 is 6.03 Å². The summed E-state index contributed by atoms with van der Waals surface area (Å²) in [6.45, 7) is 3.30. The van der Waals surface area contributed by atoms with Crippen LogP contribution in [0.4, 0.5) is 16.2 Å². The lowest BCUT2D eigenvalue weighted by atomic mass is 9.78. The number of amides is 3. The van der Waals surface area contributed by atoms with E-state index in [-0.39, 0.29) is 24.3 Å². The molecular formula is C17H25ClN4O3. The first-order valence-corrected chi connectivity index (χ1v) is 8.31. The Bertz CT molecular complexity index is 614. The van der Waals surface area contributed by atoms with E-state index in [2.05, 4.69) is 16.0 Å². The zero-order chi connectivity index (χ0) is 17.0. The first-order chi connectivity index (χ1) is 11.6. The minimum atomic E-state index is -0.499. The summed E-state index contributed by atoms with van der Waals surface area (Å²) in [5.74, 6) is -0.0196. The zero-order valence-electron chi connectivity index (χ0n) is 14.3. The Labute approximate surface area is 153 Å². The zero-order valence-corrected chi connectivity index (χ0v) is 15.2. The standard InChI is InChI=1S/C17H24N4O3.ClH/c1-24-12-17(5-7-18-8-6-17)15(22)20-13-3-2-4-14(11-13)21-10-9-19-16(21)23;/h2-4,11,18H,5-10,12H2,1H3,(H,19,23)(H,20,22);1H. The molecule has 8 heteroatoms. The maximum atomic E-state index is 12.9. The van der Waals surface area contributed by atoms with Crippen LogP contribution in [0.15, 0.2) is 24.3 Å². The summed E-state index contributed by atoms with van der Waals surface area (Å²) in [6.07, 6.45) is 1.50. The molecule has 3 N–H and O–H groups in total. The van der Waals surface area contributed by atoms with Crippen LogP contribution in [-0.4, -0.2) is 51.8 Å². The second-order valence-electron chi connectivity index (χ2n) is 6.35. The third-order valence-electron chi connectivity index (χ3n) is 4.74. The molecule has 138 valence electrons. The van der Waals surface area contributed by atoms with E-state index in [0.717, 1.165) is 31.6 Å². The number of methoxy groups -OCH3 is 1. The summed E-state index contributed by atoms with van der Waals surface area (Å²) in [6, 6.07) is 7.30. The van der Waals surface area contributed by atoms with Gasteiger partial charge in [-0.15, -0.1) is 12.4 Å². The van der Waals surface area contributed by atoms with Crippen LogP contribution in [0.1, 0.15) is 12.8 Å². The minimum absolute atomic E-state index is 0. The molecule has 2 fully saturated rings. The van der Waals surface area contributed by atoms with Crippen molar-refractivity contribution < 1.29 is 14.3 Å². The molecule has 2 aliphatic rings. The molecule has 3 amide bonds. The van der Waals surface area contributed by atoms with Gasteiger partial charge in [-0.1, -0.05) is 6.07 Å². The van der Waals surface area contributed by atoms with Crippen molar-refractivity contribution >= 4 is 35.7 Å². The third kappa shape index (κ3) is 4.23. The fourth-order valence-electron chi connectivity index (χ4n) is 3.35. The van der Waals surface area contributed by atoms with Crippen molar-refractivity contribution in [1.82, 2.24) is 10.6 Å². The molecular weight excluding hydrogens is 344 g/mol. The van der Waals surface area contributed by atoms with Crippen LogP contribution in [0.3, 0.4) is 0 Å². The number of ether oxygens (including phenoxy) is 1. The molecule has 0 aromatic heterocycles. The average molecular weight is 369 g/mol. The smallest absolute Gasteiger partial charge is 0.321 e. The number of nitrogens with one attached hydrogen (secondary N) is 3. The molecule has 0 unspecified atom stereocenters. The van der Waals surface area contributed by atoms with Crippen LogP contribution in [0.2, 0.25) is 0 Å². The van der Waals surface area contributed by atoms with Crippen molar-refractivity contribution in [1.29, 1.82) is 0 Å². The van der Waals surface area contributed by atoms with Gasteiger partial charge in [0.1, 0.15) is 0 Å². The van der Waals surface area contributed by atoms with Gasteiger partial charge in [0.05, 0.1) is 12.0 Å². The van der Waals surface area contributed by atoms with Gasteiger partial charge in [0.25, 0.3) is 0 Å². The Balaban J connectivity index is 0.00000225. The van der Waals surface area contributed by atoms with Crippen molar-refractivity contribution in [2.75, 3.05) is 50.1 Å². The molecule has 0 aliphatic carbocycles. The van der Waals surface area contributed by atoms with Crippen LogP contribution >= 0.6 is 12.4 Å². The summed E-state index contributed by atoms with van der Waals surface area (Å²) in [5.41, 5.74) is 0.987. The van der Waals surface area contributed by atoms with E-state index in [9.17, 15) is 9.59 Å². The van der Waals surface area contributed by atoms with Gasteiger partial charge in [-0.05, 0) is 44.1 Å². The first kappa shape index (κ1) is 19.5. The van der Waals surface area contributed by atoms with Crippen LogP contribution in [0.5, 0.6) is 0 Å². The van der Waals surface area contributed by atoms with Gasteiger partial charge < -0.3 is 20.7 Å². The second-order valence-corrected chi connectivity index (χ2v) is 6.35. The number of urea groups is 1. The molecule has 0 bridgehead atoms. The van der Waals surface area contributed by atoms with Crippen molar-refractivity contribution in [2.24, 2.45) is 5.41 Å². The van der Waals surface area contributed by atoms with E-state index < -0.39 is 5.41 Å². The Kier molecular flexibility index (Phi) is 6.64. The van der Waals surface area contributed by atoms with E-state index in [1.807, 2.05) is 24.3 Å². The molecule has 3 rings (SSSR count). The number of hydrogen-bond donors (Lipinski definition) is 3. The van der Waals surface area contributed by atoms with Crippen molar-refractivity contribution in [2.45, 2.75) is 12.8 Å². The van der Waals surface area contributed by atoms with Gasteiger partial charge in [-0.3, -0.25) is 9.69 Å². The molecule has 2 aliphatic heterocycles. The number of benzene rings is 1. The van der Waals surface area contributed by atoms with E-state index in [4.69, 9.17) is 4.74 Å². The lowest BCUT2D eigenvalue weighted by Gasteiger charge is -2.35. The van der Waals surface area contributed by atoms with Gasteiger partial charge in [0.15, 0.2) is 0 Å². The number of hydrogen-bond acceptors (Lipinski definition) is 4. The molecule has 2 heterocycles. The predicted octanol–water partition coefficient (Wildman–Crippen LogP) is 1.59. The Morgan fingerprint density at radius 1 is 1.32 bits per heavy atom. The predicted molar refractivity (Wildman–Crippen MR) is 99.5 cm³/mol. The molecule has 0 radical (unpaired) electrons. The van der Waals surface area contributed by atoms with E-state index in [0.29, 0.717) is 25.4 Å². The maximum absolute atomic E-state index is 12.9. The number of rotatable bonds is 5. The summed E-state index contributed by atoms with van der Waals surface area (Å²) >= 11 is 0. The summed E-state index contributed by atoms with van der Waals surface area (Å²) in [4.78, 5) is 26.3. The number of carbonyl (C=O) groups excluding carboxylic acids is 2. The molecule has 1 aromatic carbocycles. The highest BCUT2D eigenvalue weighted by atomic mass is 35.5. The van der Waals surface area contributed by atoms with E-state index in [1.165, 1.54) is 0 Å². The molecule has 0 saturated carbocycles. The SMILES string of the molecule is COCC1(C(=O)Nc2cccc(N3CCNC3=O)c2)CCNCC1.Cl. The average Bonchev–Trinajstić information content (AvgIpc) is 3.02. The van der Waals surface area contributed by atoms with Crippen molar-refractivity contribution in [3.05, 3.63) is 24.3 Å². The van der Waals surface area contributed by atoms with Crippen LogP contribution in [0.25, 0.3) is 0 Å². The fraction of sp³-hybridized carbons (Fsp3) is 0.529. The third-order valence-corrected chi connectivity index (χ3v) is 4.74. The normalized spacial score (nSPS) is 19.1. The minimum Gasteiger partial charge on any atom is -0.384 e. The molecule has 0 atom stereocenters. The Morgan fingerprint density at radius 2 is 2.08 bits per heavy atom. The molecule has 1 aromatic rings. The quantitative estimate of drug-likeness (QED) is 0.737. The number of anilines is 2. The maximum Gasteiger partial charge on any atom is 0.321 e. The van der Waals surface area contributed by atoms with Gasteiger partial charge in [0.2, 0.25) is 5.91 Å². The topological polar surface area (TPSA) is 82.7 Å². The van der Waals surface area contributed by atoms with Gasteiger partial charge in [-0.2, -0.15) is 0 Å². The number of piperidine rings is 1. The number of nitrogens with zero attached hydrogens (tertiary/aromatic N) is 1. The lowest BCUT2D eigenvalue weighted by Crippen LogP contribution is -2.47. The van der Waals surface area contributed by atoms with Crippen LogP contribution in [0, 0.1) is 5.41 Å². The number of carbonyl (C=O) groups is 2. The van der Waals surface area contributed by atoms with Gasteiger partial charge in [0, 0.05) is 31.6 Å². The highest BCUT2D eigenvalue weighted by Gasteiger charge is 2.39. The summed E-state index contributed by atoms with van der Waals surface area (Å²) in [7, 11) is 1.63. The Morgan fingerprint density at radius 3 is 2.72 bits per heavy atom. The Hall–Kier alpha value is -1.83. The highest BCUT2D eigenvalue weighted by molar-refractivity contribution is 5.98. The van der Waals surface area contributed by atoms with E-state index in [1.54, 1.807) is 12.0 Å². The molecule has 7 nitrogen and oxygen atoms in total. The number of halogens is 1. The lowest BCUT2D eigenvalue weighted by molar-refractivity contribution is -0.130. The first-order valence-electron chi connectivity index (χ1n) is 8.31. The monoisotopic (exact) mass is 368 g/mol. The fourth-order valence-corrected chi connectivity index (χ4v) is 3.35. The highest BCUT2D eigenvalue weighted by Crippen LogP contribution is 2.31. The van der Waals surface area contributed by atoms with Crippen molar-refractivity contribution in [3.8, 4) is 0 Å². The van der Waals surface area contributed by atoms with Crippen LogP contribution < -0.4 is 20.9 Å². The second kappa shape index (κ2) is 8.51.